The predicted octanol–water partition coefficient (Wildman–Crippen LogP) is 2.36. The Morgan fingerprint density at radius 3 is 2.70 bits per heavy atom. The average molecular weight is 153 g/mol. The van der Waals surface area contributed by atoms with E-state index >= 15 is 0 Å². The molecule has 0 fully saturated rings. The first kappa shape index (κ1) is 6.91. The summed E-state index contributed by atoms with van der Waals surface area (Å²) in [5.41, 5.74) is 0.231. The van der Waals surface area contributed by atoms with E-state index in [1.807, 2.05) is 0 Å². The summed E-state index contributed by atoms with van der Waals surface area (Å²) in [6.45, 7) is 0. The Morgan fingerprint density at radius 2 is 2.20 bits per heavy atom. The van der Waals surface area contributed by atoms with Crippen LogP contribution in [0.5, 0.6) is 5.75 Å². The number of rotatable bonds is 0. The molecule has 10 heavy (non-hydrogen) atoms. The molecule has 1 aromatic carbocycles. The van der Waals surface area contributed by atoms with Gasteiger partial charge in [0.2, 0.25) is 0 Å². The van der Waals surface area contributed by atoms with E-state index in [0.29, 0.717) is 0 Å². The van der Waals surface area contributed by atoms with Gasteiger partial charge in [-0.1, -0.05) is 17.7 Å². The molecule has 0 aliphatic heterocycles. The second-order valence-electron chi connectivity index (χ2n) is 1.73. The van der Waals surface area contributed by atoms with Crippen LogP contribution in [0.1, 0.15) is 5.56 Å². The molecule has 49 valence electrons. The Morgan fingerprint density at radius 1 is 1.50 bits per heavy atom. The summed E-state index contributed by atoms with van der Waals surface area (Å²) in [5.74, 6) is -0.305. The highest BCUT2D eigenvalue weighted by Crippen LogP contribution is 2.26. The van der Waals surface area contributed by atoms with E-state index in [0.717, 1.165) is 0 Å². The van der Waals surface area contributed by atoms with E-state index in [9.17, 15) is 5.11 Å². The van der Waals surface area contributed by atoms with Crippen molar-refractivity contribution in [2.45, 2.75) is 0 Å². The van der Waals surface area contributed by atoms with Gasteiger partial charge >= 0.3 is 0 Å². The molecule has 3 heteroatoms. The lowest BCUT2D eigenvalue weighted by molar-refractivity contribution is 0.355. The highest BCUT2D eigenvalue weighted by molar-refractivity contribution is 6.33. The van der Waals surface area contributed by atoms with Crippen LogP contribution in [0, 0.1) is 11.3 Å². The molecular formula is C7H3ClNO. The summed E-state index contributed by atoms with van der Waals surface area (Å²) >= 11 is 5.46. The maximum atomic E-state index is 10.7. The predicted molar refractivity (Wildman–Crippen MR) is 36.3 cm³/mol. The van der Waals surface area contributed by atoms with Gasteiger partial charge in [-0.3, -0.25) is 5.11 Å². The van der Waals surface area contributed by atoms with Crippen LogP contribution >= 0.6 is 11.6 Å². The van der Waals surface area contributed by atoms with Crippen LogP contribution < -0.4 is 0 Å². The third-order valence-corrected chi connectivity index (χ3v) is 1.47. The van der Waals surface area contributed by atoms with Crippen LogP contribution in [-0.2, 0) is 5.11 Å². The van der Waals surface area contributed by atoms with Gasteiger partial charge in [0.25, 0.3) is 0 Å². The van der Waals surface area contributed by atoms with Crippen LogP contribution in [-0.4, -0.2) is 0 Å². The molecule has 0 heterocycles. The summed E-state index contributed by atoms with van der Waals surface area (Å²) < 4.78 is 0. The minimum absolute atomic E-state index is 0.00463. The maximum Gasteiger partial charge on any atom is 0.198 e. The van der Waals surface area contributed by atoms with E-state index in [2.05, 4.69) is 0 Å². The topological polar surface area (TPSA) is 43.7 Å². The standard InChI is InChI=1S/C7H3ClNO/c8-7-5(4-9)2-1-3-6(7)10/h1-3H. The van der Waals surface area contributed by atoms with Crippen molar-refractivity contribution in [3.63, 3.8) is 0 Å². The molecule has 1 aromatic rings. The average Bonchev–Trinajstić information content (AvgIpc) is 1.95. The van der Waals surface area contributed by atoms with Gasteiger partial charge < -0.3 is 0 Å². The van der Waals surface area contributed by atoms with Gasteiger partial charge in [-0.2, -0.15) is 5.26 Å². The van der Waals surface area contributed by atoms with Gasteiger partial charge in [0.05, 0.1) is 5.56 Å². The summed E-state index contributed by atoms with van der Waals surface area (Å²) in [4.78, 5) is 0. The lowest BCUT2D eigenvalue weighted by atomic mass is 10.2. The molecule has 0 aliphatic rings. The second kappa shape index (κ2) is 2.59. The summed E-state index contributed by atoms with van der Waals surface area (Å²) in [6.07, 6.45) is 0. The van der Waals surface area contributed by atoms with Gasteiger partial charge in [-0.05, 0) is 12.1 Å². The Hall–Kier alpha value is -1.20. The molecule has 0 amide bonds. The molecular weight excluding hydrogens is 150 g/mol. The Labute approximate surface area is 63.3 Å². The molecule has 0 N–H and O–H groups in total. The Kier molecular flexibility index (Phi) is 1.79. The fourth-order valence-corrected chi connectivity index (χ4v) is 0.765. The fourth-order valence-electron chi connectivity index (χ4n) is 0.597. The number of nitrogens with zero attached hydrogens (tertiary/aromatic N) is 1. The fraction of sp³-hybridized carbons (Fsp3) is 0. The maximum absolute atomic E-state index is 10.7. The zero-order valence-corrected chi connectivity index (χ0v) is 5.72. The van der Waals surface area contributed by atoms with Crippen LogP contribution in [0.25, 0.3) is 0 Å². The SMILES string of the molecule is N#Cc1cccc([O])c1Cl. The molecule has 0 saturated heterocycles. The van der Waals surface area contributed by atoms with Gasteiger partial charge in [0.1, 0.15) is 11.1 Å². The van der Waals surface area contributed by atoms with E-state index in [4.69, 9.17) is 16.9 Å². The molecule has 0 aliphatic carbocycles. The Balaban J connectivity index is 3.31. The van der Waals surface area contributed by atoms with Crippen molar-refractivity contribution in [3.05, 3.63) is 28.8 Å². The number of hydrogen-bond donors (Lipinski definition) is 0. The molecule has 0 saturated carbocycles. The lowest BCUT2D eigenvalue weighted by Crippen LogP contribution is -1.74. The third-order valence-electron chi connectivity index (χ3n) is 1.08. The van der Waals surface area contributed by atoms with Crippen molar-refractivity contribution >= 4 is 11.6 Å². The molecule has 0 spiro atoms. The molecule has 1 rings (SSSR count). The summed E-state index contributed by atoms with van der Waals surface area (Å²) in [6, 6.07) is 6.14. The van der Waals surface area contributed by atoms with Crippen molar-refractivity contribution < 1.29 is 5.11 Å². The monoisotopic (exact) mass is 152 g/mol. The first-order valence-electron chi connectivity index (χ1n) is 2.61. The normalized spacial score (nSPS) is 8.80. The van der Waals surface area contributed by atoms with Crippen molar-refractivity contribution in [3.8, 4) is 11.8 Å². The Bertz CT molecular complexity index is 290. The van der Waals surface area contributed by atoms with Gasteiger partial charge in [-0.15, -0.1) is 0 Å². The quantitative estimate of drug-likeness (QED) is 0.563. The first-order valence-corrected chi connectivity index (χ1v) is 2.99. The van der Waals surface area contributed by atoms with E-state index in [1.54, 1.807) is 6.07 Å². The zero-order valence-electron chi connectivity index (χ0n) is 4.97. The van der Waals surface area contributed by atoms with Crippen LogP contribution in [0.3, 0.4) is 0 Å². The molecule has 0 bridgehead atoms. The summed E-state index contributed by atoms with van der Waals surface area (Å²) in [7, 11) is 0. The van der Waals surface area contributed by atoms with Gasteiger partial charge in [0, 0.05) is 0 Å². The van der Waals surface area contributed by atoms with Crippen molar-refractivity contribution in [1.29, 1.82) is 5.26 Å². The zero-order chi connectivity index (χ0) is 7.56. The first-order chi connectivity index (χ1) is 4.75. The van der Waals surface area contributed by atoms with E-state index < -0.39 is 0 Å². The van der Waals surface area contributed by atoms with Crippen LogP contribution in [0.2, 0.25) is 5.02 Å². The largest absolute Gasteiger partial charge is 0.288 e. The number of benzene rings is 1. The van der Waals surface area contributed by atoms with Crippen molar-refractivity contribution in [2.75, 3.05) is 0 Å². The number of halogens is 1. The number of nitriles is 1. The highest BCUT2D eigenvalue weighted by Gasteiger charge is 2.03. The smallest absolute Gasteiger partial charge is 0.198 e. The van der Waals surface area contributed by atoms with Crippen molar-refractivity contribution in [2.24, 2.45) is 0 Å². The molecule has 2 nitrogen and oxygen atoms in total. The summed E-state index contributed by atoms with van der Waals surface area (Å²) in [5, 5.41) is 19.1. The van der Waals surface area contributed by atoms with Gasteiger partial charge in [-0.25, -0.2) is 0 Å². The lowest BCUT2D eigenvalue weighted by Gasteiger charge is -1.92. The van der Waals surface area contributed by atoms with Crippen LogP contribution in [0.4, 0.5) is 0 Å². The van der Waals surface area contributed by atoms with E-state index in [1.165, 1.54) is 18.2 Å². The molecule has 0 unspecified atom stereocenters. The number of hydrogen-bond acceptors (Lipinski definition) is 1. The van der Waals surface area contributed by atoms with Crippen LogP contribution in [0.15, 0.2) is 18.2 Å². The van der Waals surface area contributed by atoms with E-state index in [-0.39, 0.29) is 16.3 Å². The van der Waals surface area contributed by atoms with Crippen molar-refractivity contribution in [1.82, 2.24) is 0 Å². The minimum atomic E-state index is -0.305. The highest BCUT2D eigenvalue weighted by atomic mass is 35.5. The molecule has 1 radical (unpaired) electrons. The second-order valence-corrected chi connectivity index (χ2v) is 2.11. The molecule has 0 aromatic heterocycles. The minimum Gasteiger partial charge on any atom is -0.288 e. The third kappa shape index (κ3) is 1.04. The molecule has 0 atom stereocenters. The van der Waals surface area contributed by atoms with Gasteiger partial charge in [0.15, 0.2) is 5.75 Å².